The molecule has 0 aliphatic rings. The number of aromatic nitrogens is 2. The van der Waals surface area contributed by atoms with Gasteiger partial charge < -0.3 is 10.1 Å². The fourth-order valence-electron chi connectivity index (χ4n) is 1.81. The topological polar surface area (TPSA) is 47.0 Å². The smallest absolute Gasteiger partial charge is 0.142 e. The second-order valence-electron chi connectivity index (χ2n) is 5.20. The van der Waals surface area contributed by atoms with Gasteiger partial charge in [-0.25, -0.2) is 0 Å². The first-order chi connectivity index (χ1) is 9.66. The molecule has 1 aromatic carbocycles. The number of anilines is 1. The molecule has 0 aliphatic heterocycles. The molecule has 2 rings (SSSR count). The first-order valence-electron chi connectivity index (χ1n) is 6.91. The SMILES string of the molecule is CC(C)COc1ccccc1NC(C)c1cnccn1. The Balaban J connectivity index is 2.09. The molecule has 4 heteroatoms. The summed E-state index contributed by atoms with van der Waals surface area (Å²) < 4.78 is 5.84. The highest BCUT2D eigenvalue weighted by Gasteiger charge is 2.10. The second kappa shape index (κ2) is 6.89. The van der Waals surface area contributed by atoms with Gasteiger partial charge in [0.15, 0.2) is 0 Å². The molecule has 0 saturated carbocycles. The fraction of sp³-hybridized carbons (Fsp3) is 0.375. The summed E-state index contributed by atoms with van der Waals surface area (Å²) in [5, 5.41) is 3.42. The molecule has 0 saturated heterocycles. The van der Waals surface area contributed by atoms with Crippen molar-refractivity contribution in [2.75, 3.05) is 11.9 Å². The van der Waals surface area contributed by atoms with Crippen LogP contribution >= 0.6 is 0 Å². The van der Waals surface area contributed by atoms with Gasteiger partial charge in [-0.1, -0.05) is 26.0 Å². The third-order valence-electron chi connectivity index (χ3n) is 2.86. The minimum atomic E-state index is 0.0764. The van der Waals surface area contributed by atoms with Crippen molar-refractivity contribution in [2.45, 2.75) is 26.8 Å². The van der Waals surface area contributed by atoms with Gasteiger partial charge in [-0.05, 0) is 25.0 Å². The van der Waals surface area contributed by atoms with Crippen LogP contribution in [0.2, 0.25) is 0 Å². The van der Waals surface area contributed by atoms with Gasteiger partial charge in [-0.15, -0.1) is 0 Å². The van der Waals surface area contributed by atoms with Crippen LogP contribution in [-0.4, -0.2) is 16.6 Å². The van der Waals surface area contributed by atoms with Crippen molar-refractivity contribution in [3.63, 3.8) is 0 Å². The molecular weight excluding hydrogens is 250 g/mol. The molecule has 20 heavy (non-hydrogen) atoms. The van der Waals surface area contributed by atoms with Crippen LogP contribution in [0.15, 0.2) is 42.9 Å². The Morgan fingerprint density at radius 1 is 1.15 bits per heavy atom. The summed E-state index contributed by atoms with van der Waals surface area (Å²) in [6, 6.07) is 8.05. The maximum atomic E-state index is 5.84. The van der Waals surface area contributed by atoms with E-state index in [-0.39, 0.29) is 6.04 Å². The maximum Gasteiger partial charge on any atom is 0.142 e. The molecule has 106 valence electrons. The molecule has 4 nitrogen and oxygen atoms in total. The fourth-order valence-corrected chi connectivity index (χ4v) is 1.81. The predicted octanol–water partition coefficient (Wildman–Crippen LogP) is 3.68. The van der Waals surface area contributed by atoms with Gasteiger partial charge >= 0.3 is 0 Å². The van der Waals surface area contributed by atoms with E-state index in [0.717, 1.165) is 17.1 Å². The van der Waals surface area contributed by atoms with Gasteiger partial charge in [0.05, 0.1) is 30.2 Å². The minimum Gasteiger partial charge on any atom is -0.491 e. The van der Waals surface area contributed by atoms with E-state index >= 15 is 0 Å². The van der Waals surface area contributed by atoms with Gasteiger partial charge in [0.25, 0.3) is 0 Å². The predicted molar refractivity (Wildman–Crippen MR) is 80.8 cm³/mol. The Labute approximate surface area is 120 Å². The summed E-state index contributed by atoms with van der Waals surface area (Å²) in [5.41, 5.74) is 1.89. The summed E-state index contributed by atoms with van der Waals surface area (Å²) in [5.74, 6) is 1.37. The molecule has 0 spiro atoms. The molecule has 0 fully saturated rings. The van der Waals surface area contributed by atoms with Crippen molar-refractivity contribution < 1.29 is 4.74 Å². The molecule has 1 aromatic heterocycles. The third kappa shape index (κ3) is 3.95. The molecule has 1 unspecified atom stereocenters. The summed E-state index contributed by atoms with van der Waals surface area (Å²) in [6.45, 7) is 7.04. The molecule has 0 aliphatic carbocycles. The number of nitrogens with zero attached hydrogens (tertiary/aromatic N) is 2. The molecule has 1 N–H and O–H groups in total. The number of nitrogens with one attached hydrogen (secondary N) is 1. The Kier molecular flexibility index (Phi) is 4.93. The van der Waals surface area contributed by atoms with Crippen LogP contribution < -0.4 is 10.1 Å². The van der Waals surface area contributed by atoms with Crippen molar-refractivity contribution in [3.8, 4) is 5.75 Å². The van der Waals surface area contributed by atoms with Crippen molar-refractivity contribution in [3.05, 3.63) is 48.5 Å². The van der Waals surface area contributed by atoms with Crippen LogP contribution in [0, 0.1) is 5.92 Å². The summed E-state index contributed by atoms with van der Waals surface area (Å²) in [6.07, 6.45) is 5.15. The quantitative estimate of drug-likeness (QED) is 0.870. The van der Waals surface area contributed by atoms with Gasteiger partial charge in [0, 0.05) is 12.4 Å². The number of hydrogen-bond donors (Lipinski definition) is 1. The Bertz CT molecular complexity index is 528. The van der Waals surface area contributed by atoms with E-state index in [1.807, 2.05) is 24.3 Å². The molecule has 2 aromatic rings. The van der Waals surface area contributed by atoms with Crippen LogP contribution in [0.4, 0.5) is 5.69 Å². The van der Waals surface area contributed by atoms with Crippen molar-refractivity contribution >= 4 is 5.69 Å². The van der Waals surface area contributed by atoms with E-state index in [4.69, 9.17) is 4.74 Å². The molecular formula is C16H21N3O. The average molecular weight is 271 g/mol. The zero-order chi connectivity index (χ0) is 14.4. The van der Waals surface area contributed by atoms with E-state index < -0.39 is 0 Å². The highest BCUT2D eigenvalue weighted by molar-refractivity contribution is 5.57. The lowest BCUT2D eigenvalue weighted by atomic mass is 10.2. The lowest BCUT2D eigenvalue weighted by Crippen LogP contribution is -2.11. The van der Waals surface area contributed by atoms with E-state index in [1.165, 1.54) is 0 Å². The number of para-hydroxylation sites is 2. The number of rotatable bonds is 6. The zero-order valence-electron chi connectivity index (χ0n) is 12.2. The lowest BCUT2D eigenvalue weighted by molar-refractivity contribution is 0.272. The number of ether oxygens (including phenoxy) is 1. The first kappa shape index (κ1) is 14.3. The van der Waals surface area contributed by atoms with Gasteiger partial charge in [0.1, 0.15) is 5.75 Å². The lowest BCUT2D eigenvalue weighted by Gasteiger charge is -2.18. The van der Waals surface area contributed by atoms with E-state index in [0.29, 0.717) is 12.5 Å². The first-order valence-corrected chi connectivity index (χ1v) is 6.91. The highest BCUT2D eigenvalue weighted by atomic mass is 16.5. The van der Waals surface area contributed by atoms with E-state index in [1.54, 1.807) is 18.6 Å². The Hall–Kier alpha value is -2.10. The Morgan fingerprint density at radius 3 is 2.65 bits per heavy atom. The van der Waals surface area contributed by atoms with Gasteiger partial charge in [-0.2, -0.15) is 0 Å². The monoisotopic (exact) mass is 271 g/mol. The molecule has 0 bridgehead atoms. The molecule has 0 amide bonds. The standard InChI is InChI=1S/C16H21N3O/c1-12(2)11-20-16-7-5-4-6-14(16)19-13(3)15-10-17-8-9-18-15/h4-10,12-13,19H,11H2,1-3H3. The Morgan fingerprint density at radius 2 is 1.95 bits per heavy atom. The molecule has 1 heterocycles. The van der Waals surface area contributed by atoms with Crippen LogP contribution in [0.25, 0.3) is 0 Å². The summed E-state index contributed by atoms with van der Waals surface area (Å²) in [7, 11) is 0. The second-order valence-corrected chi connectivity index (χ2v) is 5.20. The molecule has 0 radical (unpaired) electrons. The minimum absolute atomic E-state index is 0.0764. The number of hydrogen-bond acceptors (Lipinski definition) is 4. The average Bonchev–Trinajstić information content (AvgIpc) is 2.47. The van der Waals surface area contributed by atoms with Crippen molar-refractivity contribution in [1.82, 2.24) is 9.97 Å². The number of benzene rings is 1. The van der Waals surface area contributed by atoms with Crippen LogP contribution in [0.1, 0.15) is 32.5 Å². The van der Waals surface area contributed by atoms with Crippen LogP contribution in [-0.2, 0) is 0 Å². The van der Waals surface area contributed by atoms with E-state index in [9.17, 15) is 0 Å². The summed E-state index contributed by atoms with van der Waals surface area (Å²) >= 11 is 0. The van der Waals surface area contributed by atoms with Crippen molar-refractivity contribution in [1.29, 1.82) is 0 Å². The summed E-state index contributed by atoms with van der Waals surface area (Å²) in [4.78, 5) is 8.41. The maximum absolute atomic E-state index is 5.84. The molecule has 1 atom stereocenters. The van der Waals surface area contributed by atoms with E-state index in [2.05, 4.69) is 36.1 Å². The van der Waals surface area contributed by atoms with Crippen molar-refractivity contribution in [2.24, 2.45) is 5.92 Å². The zero-order valence-corrected chi connectivity index (χ0v) is 12.2. The van der Waals surface area contributed by atoms with Gasteiger partial charge in [0.2, 0.25) is 0 Å². The highest BCUT2D eigenvalue weighted by Crippen LogP contribution is 2.27. The largest absolute Gasteiger partial charge is 0.491 e. The normalized spacial score (nSPS) is 12.2. The van der Waals surface area contributed by atoms with Gasteiger partial charge in [-0.3, -0.25) is 9.97 Å². The third-order valence-corrected chi connectivity index (χ3v) is 2.86. The van der Waals surface area contributed by atoms with Crippen LogP contribution in [0.3, 0.4) is 0 Å². The van der Waals surface area contributed by atoms with Crippen LogP contribution in [0.5, 0.6) is 5.75 Å².